The lowest BCUT2D eigenvalue weighted by Gasteiger charge is -2.33. The molecule has 0 aliphatic heterocycles. The van der Waals surface area contributed by atoms with E-state index in [1.807, 2.05) is 64.6 Å². The minimum Gasteiger partial charge on any atom is -0.377 e. The standard InChI is InChI=1S/C43H67N3O11S2/c1-38-15-12-20-41(35-38)44(36-42(39-16-8-6-9-17-39)56-31-29-54-26-24-46(4,5)22-14-34-59(50,51)52)37-43(40-18-10-7-11-19-40)57-32-30-55-28-27-53-25-23-45(2,3)21-13-33-58(47,48)49/h6-12,15-20,35,42-43H,13-14,21-34,36-37H2,1-5H3/p+2. The van der Waals surface area contributed by atoms with E-state index in [2.05, 4.69) is 60.4 Å². The van der Waals surface area contributed by atoms with Crippen LogP contribution in [0.3, 0.4) is 0 Å². The molecule has 0 fully saturated rings. The highest BCUT2D eigenvalue weighted by Gasteiger charge is 2.23. The number of rotatable bonds is 32. The fraction of sp³-hybridized carbons (Fsp3) is 0.581. The van der Waals surface area contributed by atoms with Crippen molar-refractivity contribution >= 4 is 25.9 Å². The maximum Gasteiger partial charge on any atom is 0.265 e. The third-order valence-corrected chi connectivity index (χ3v) is 11.6. The lowest BCUT2D eigenvalue weighted by atomic mass is 10.1. The lowest BCUT2D eigenvalue weighted by Crippen LogP contribution is -2.43. The smallest absolute Gasteiger partial charge is 0.265 e. The molecule has 0 saturated carbocycles. The Hall–Kier alpha value is -3.00. The van der Waals surface area contributed by atoms with Crippen molar-refractivity contribution in [1.29, 1.82) is 0 Å². The molecular formula is C43H69N3O11S2+2. The van der Waals surface area contributed by atoms with Gasteiger partial charge in [-0.2, -0.15) is 16.8 Å². The summed E-state index contributed by atoms with van der Waals surface area (Å²) in [6, 6.07) is 28.8. The fourth-order valence-corrected chi connectivity index (χ4v) is 7.46. The number of hydrogen-bond acceptors (Lipinski definition) is 10. The minimum atomic E-state index is -3.97. The Labute approximate surface area is 353 Å². The predicted molar refractivity (Wildman–Crippen MR) is 232 cm³/mol. The van der Waals surface area contributed by atoms with Crippen molar-refractivity contribution < 1.29 is 58.6 Å². The van der Waals surface area contributed by atoms with Crippen LogP contribution in [0.5, 0.6) is 0 Å². The maximum atomic E-state index is 11.1. The molecule has 3 rings (SSSR count). The molecule has 332 valence electrons. The van der Waals surface area contributed by atoms with Gasteiger partial charge in [0.05, 0.1) is 106 Å². The van der Waals surface area contributed by atoms with Crippen LogP contribution in [0.25, 0.3) is 0 Å². The van der Waals surface area contributed by atoms with E-state index < -0.39 is 20.2 Å². The summed E-state index contributed by atoms with van der Waals surface area (Å²) in [6.45, 7) is 9.21. The zero-order valence-electron chi connectivity index (χ0n) is 35.7. The Morgan fingerprint density at radius 1 is 0.542 bits per heavy atom. The van der Waals surface area contributed by atoms with Gasteiger partial charge in [0.1, 0.15) is 25.3 Å². The van der Waals surface area contributed by atoms with Crippen LogP contribution in [0.1, 0.15) is 41.7 Å². The molecule has 3 aromatic carbocycles. The Kier molecular flexibility index (Phi) is 21.9. The number of hydrogen-bond donors (Lipinski definition) is 2. The molecule has 0 bridgehead atoms. The summed E-state index contributed by atoms with van der Waals surface area (Å²) in [4.78, 5) is 2.31. The van der Waals surface area contributed by atoms with E-state index in [0.29, 0.717) is 114 Å². The SMILES string of the molecule is Cc1cccc(N(CC(OCCOCCOCC[N+](C)(C)CCCS(=O)(=O)O)c2ccccc2)CC(OCCOCC[N+](C)(C)CCCS(=O)(=O)O)c2ccccc2)c1. The summed E-state index contributed by atoms with van der Waals surface area (Å²) < 4.78 is 94.2. The van der Waals surface area contributed by atoms with Gasteiger partial charge < -0.3 is 37.6 Å². The average Bonchev–Trinajstić information content (AvgIpc) is 3.16. The molecule has 14 nitrogen and oxygen atoms in total. The van der Waals surface area contributed by atoms with Crippen molar-refractivity contribution in [2.24, 2.45) is 0 Å². The Morgan fingerprint density at radius 2 is 0.949 bits per heavy atom. The zero-order valence-corrected chi connectivity index (χ0v) is 37.3. The number of quaternary nitrogens is 2. The fourth-order valence-electron chi connectivity index (χ4n) is 6.47. The minimum absolute atomic E-state index is 0.241. The normalized spacial score (nSPS) is 13.7. The molecule has 59 heavy (non-hydrogen) atoms. The molecule has 0 aliphatic rings. The molecular weight excluding hydrogens is 799 g/mol. The largest absolute Gasteiger partial charge is 0.377 e. The summed E-state index contributed by atoms with van der Waals surface area (Å²) in [5.41, 5.74) is 4.30. The summed E-state index contributed by atoms with van der Waals surface area (Å²) in [7, 11) is 0.112. The molecule has 16 heteroatoms. The third-order valence-electron chi connectivity index (χ3n) is 9.96. The van der Waals surface area contributed by atoms with Gasteiger partial charge in [0.25, 0.3) is 20.2 Å². The Bertz CT molecular complexity index is 1820. The number of ether oxygens (including phenoxy) is 5. The Balaban J connectivity index is 1.58. The molecule has 0 heterocycles. The van der Waals surface area contributed by atoms with Crippen LogP contribution in [0.4, 0.5) is 5.69 Å². The van der Waals surface area contributed by atoms with Crippen LogP contribution in [0.2, 0.25) is 0 Å². The van der Waals surface area contributed by atoms with Gasteiger partial charge in [-0.15, -0.1) is 0 Å². The van der Waals surface area contributed by atoms with E-state index in [-0.39, 0.29) is 23.7 Å². The second-order valence-electron chi connectivity index (χ2n) is 16.2. The van der Waals surface area contributed by atoms with Gasteiger partial charge in [0.15, 0.2) is 0 Å². The quantitative estimate of drug-likeness (QED) is 0.0489. The molecule has 2 atom stereocenters. The van der Waals surface area contributed by atoms with E-state index in [4.69, 9.17) is 32.8 Å². The Morgan fingerprint density at radius 3 is 1.36 bits per heavy atom. The van der Waals surface area contributed by atoms with Gasteiger partial charge in [-0.3, -0.25) is 9.11 Å². The zero-order chi connectivity index (χ0) is 43.2. The van der Waals surface area contributed by atoms with Crippen LogP contribution < -0.4 is 4.90 Å². The van der Waals surface area contributed by atoms with Crippen LogP contribution in [-0.4, -0.2) is 167 Å². The molecule has 0 saturated heterocycles. The van der Waals surface area contributed by atoms with E-state index in [1.165, 1.54) is 0 Å². The van der Waals surface area contributed by atoms with Crippen molar-refractivity contribution in [2.75, 3.05) is 137 Å². The van der Waals surface area contributed by atoms with Crippen LogP contribution in [0, 0.1) is 6.92 Å². The summed E-state index contributed by atoms with van der Waals surface area (Å²) in [6.07, 6.45) is 0.219. The molecule has 2 unspecified atom stereocenters. The second-order valence-corrected chi connectivity index (χ2v) is 19.3. The van der Waals surface area contributed by atoms with Gasteiger partial charge in [0.2, 0.25) is 0 Å². The van der Waals surface area contributed by atoms with E-state index in [0.717, 1.165) is 22.4 Å². The van der Waals surface area contributed by atoms with Gasteiger partial charge in [-0.05, 0) is 35.7 Å². The highest BCUT2D eigenvalue weighted by Crippen LogP contribution is 2.28. The van der Waals surface area contributed by atoms with Gasteiger partial charge in [-0.25, -0.2) is 0 Å². The summed E-state index contributed by atoms with van der Waals surface area (Å²) in [5.74, 6) is -0.489. The maximum absolute atomic E-state index is 11.1. The summed E-state index contributed by atoms with van der Waals surface area (Å²) >= 11 is 0. The number of nitrogens with zero attached hydrogens (tertiary/aromatic N) is 3. The predicted octanol–water partition coefficient (Wildman–Crippen LogP) is 5.08. The van der Waals surface area contributed by atoms with Crippen LogP contribution >= 0.6 is 0 Å². The van der Waals surface area contributed by atoms with Gasteiger partial charge >= 0.3 is 0 Å². The first-order valence-electron chi connectivity index (χ1n) is 20.3. The first-order valence-corrected chi connectivity index (χ1v) is 23.6. The average molecular weight is 868 g/mol. The molecule has 0 radical (unpaired) electrons. The first kappa shape index (κ1) is 50.4. The van der Waals surface area contributed by atoms with Gasteiger partial charge in [0, 0.05) is 31.6 Å². The van der Waals surface area contributed by atoms with Crippen LogP contribution in [0.15, 0.2) is 84.9 Å². The van der Waals surface area contributed by atoms with Crippen molar-refractivity contribution in [3.8, 4) is 0 Å². The van der Waals surface area contributed by atoms with Crippen molar-refractivity contribution in [3.63, 3.8) is 0 Å². The van der Waals surface area contributed by atoms with Crippen molar-refractivity contribution in [1.82, 2.24) is 0 Å². The molecule has 3 aromatic rings. The molecule has 0 spiro atoms. The third kappa shape index (κ3) is 23.0. The van der Waals surface area contributed by atoms with E-state index >= 15 is 0 Å². The molecule has 2 N–H and O–H groups in total. The highest BCUT2D eigenvalue weighted by molar-refractivity contribution is 7.86. The van der Waals surface area contributed by atoms with E-state index in [1.54, 1.807) is 0 Å². The molecule has 0 amide bonds. The lowest BCUT2D eigenvalue weighted by molar-refractivity contribution is -0.890. The number of benzene rings is 3. The monoisotopic (exact) mass is 867 g/mol. The number of aryl methyl sites for hydroxylation is 1. The topological polar surface area (TPSA) is 158 Å². The van der Waals surface area contributed by atoms with Crippen molar-refractivity contribution in [2.45, 2.75) is 32.0 Å². The number of likely N-dealkylation sites (N-methyl/N-ethyl adjacent to an activating group) is 2. The van der Waals surface area contributed by atoms with Gasteiger partial charge in [-0.1, -0.05) is 72.8 Å². The first-order chi connectivity index (χ1) is 27.9. The molecule has 0 aromatic heterocycles. The van der Waals surface area contributed by atoms with E-state index in [9.17, 15) is 16.8 Å². The number of anilines is 1. The van der Waals surface area contributed by atoms with Crippen LogP contribution in [-0.2, 0) is 43.9 Å². The van der Waals surface area contributed by atoms with Crippen molar-refractivity contribution in [3.05, 3.63) is 102 Å². The highest BCUT2D eigenvalue weighted by atomic mass is 32.2. The molecule has 0 aliphatic carbocycles. The second kappa shape index (κ2) is 25.7. The summed E-state index contributed by atoms with van der Waals surface area (Å²) in [5, 5.41) is 0.